The Morgan fingerprint density at radius 2 is 1.68 bits per heavy atom. The van der Waals surface area contributed by atoms with Crippen LogP contribution in [0, 0.1) is 0 Å². The van der Waals surface area contributed by atoms with E-state index in [1.807, 2.05) is 27.7 Å². The van der Waals surface area contributed by atoms with E-state index in [2.05, 4.69) is 9.79 Å². The van der Waals surface area contributed by atoms with E-state index in [1.165, 1.54) is 0 Å². The number of ether oxygens (including phenoxy) is 2. The second-order valence-corrected chi connectivity index (χ2v) is 6.82. The maximum absolute atomic E-state index is 11.8. The van der Waals surface area contributed by atoms with Gasteiger partial charge in [-0.25, -0.2) is 4.79 Å². The molecular formula is C15H27NO6. The number of piperidine rings is 1. The summed E-state index contributed by atoms with van der Waals surface area (Å²) in [6, 6.07) is 0. The molecule has 0 unspecified atom stereocenters. The van der Waals surface area contributed by atoms with Crippen LogP contribution in [0.5, 0.6) is 0 Å². The van der Waals surface area contributed by atoms with Crippen LogP contribution < -0.4 is 0 Å². The molecule has 0 amide bonds. The first kappa shape index (κ1) is 18.9. The Labute approximate surface area is 131 Å². The summed E-state index contributed by atoms with van der Waals surface area (Å²) in [6.45, 7) is 10.2. The Balaban J connectivity index is 2.75. The van der Waals surface area contributed by atoms with E-state index in [4.69, 9.17) is 14.7 Å². The summed E-state index contributed by atoms with van der Waals surface area (Å²) in [6.07, 6.45) is 1.17. The highest BCUT2D eigenvalue weighted by atomic mass is 17.1. The summed E-state index contributed by atoms with van der Waals surface area (Å²) in [5, 5.41) is 8.27. The second-order valence-electron chi connectivity index (χ2n) is 6.82. The molecule has 0 aliphatic carbocycles. The fourth-order valence-electron chi connectivity index (χ4n) is 3.32. The summed E-state index contributed by atoms with van der Waals surface area (Å²) in [5.41, 5.74) is -0.579. The molecule has 1 aliphatic rings. The molecule has 0 aromatic heterocycles. The van der Waals surface area contributed by atoms with Gasteiger partial charge in [-0.2, -0.15) is 5.26 Å². The normalized spacial score (nSPS) is 21.4. The third kappa shape index (κ3) is 4.93. The topological polar surface area (TPSA) is 85.3 Å². The maximum Gasteiger partial charge on any atom is 0.367 e. The quantitative estimate of drug-likeness (QED) is 0.452. The molecule has 1 rings (SSSR count). The lowest BCUT2D eigenvalue weighted by atomic mass is 9.78. The van der Waals surface area contributed by atoms with Crippen molar-refractivity contribution in [1.82, 2.24) is 4.90 Å². The smallest absolute Gasteiger partial charge is 0.367 e. The van der Waals surface area contributed by atoms with Gasteiger partial charge in [-0.05, 0) is 47.5 Å². The van der Waals surface area contributed by atoms with E-state index >= 15 is 0 Å². The van der Waals surface area contributed by atoms with Gasteiger partial charge in [0, 0.05) is 11.1 Å². The minimum Gasteiger partial charge on any atom is -0.465 e. The molecule has 128 valence electrons. The average molecular weight is 317 g/mol. The zero-order valence-electron chi connectivity index (χ0n) is 14.0. The van der Waals surface area contributed by atoms with Crippen LogP contribution in [0.3, 0.4) is 0 Å². The predicted octanol–water partition coefficient (Wildman–Crippen LogP) is 1.60. The Bertz CT molecular complexity index is 389. The number of carbonyl (C=O) groups is 2. The van der Waals surface area contributed by atoms with Gasteiger partial charge in [0.2, 0.25) is 0 Å². The lowest BCUT2D eigenvalue weighted by Gasteiger charge is -2.54. The third-order valence-electron chi connectivity index (χ3n) is 4.05. The number of rotatable bonds is 6. The lowest BCUT2D eigenvalue weighted by molar-refractivity contribution is -0.240. The summed E-state index contributed by atoms with van der Waals surface area (Å²) in [7, 11) is 0. The van der Waals surface area contributed by atoms with E-state index < -0.39 is 5.97 Å². The average Bonchev–Trinajstić information content (AvgIpc) is 2.39. The second kappa shape index (κ2) is 7.39. The standard InChI is InChI=1S/C15H27NO6/c1-6-20-12(17)9-16-14(2,3)7-11(8-15(16,4)5)21-10-13(18)22-19/h11,19H,6-10H2,1-5H3. The molecule has 0 atom stereocenters. The molecule has 1 saturated heterocycles. The summed E-state index contributed by atoms with van der Waals surface area (Å²) >= 11 is 0. The molecule has 7 nitrogen and oxygen atoms in total. The number of nitrogens with zero attached hydrogens (tertiary/aromatic N) is 1. The summed E-state index contributed by atoms with van der Waals surface area (Å²) < 4.78 is 10.6. The minimum atomic E-state index is -0.815. The zero-order chi connectivity index (χ0) is 17.0. The van der Waals surface area contributed by atoms with Gasteiger partial charge in [-0.3, -0.25) is 14.6 Å². The highest BCUT2D eigenvalue weighted by Gasteiger charge is 2.46. The Morgan fingerprint density at radius 1 is 1.14 bits per heavy atom. The molecule has 1 N–H and O–H groups in total. The van der Waals surface area contributed by atoms with Gasteiger partial charge >= 0.3 is 11.9 Å². The van der Waals surface area contributed by atoms with Crippen molar-refractivity contribution in [3.05, 3.63) is 0 Å². The Morgan fingerprint density at radius 3 is 2.14 bits per heavy atom. The maximum atomic E-state index is 11.8. The first-order chi connectivity index (χ1) is 10.1. The lowest BCUT2D eigenvalue weighted by Crippen LogP contribution is -2.63. The molecule has 1 fully saturated rings. The largest absolute Gasteiger partial charge is 0.465 e. The summed E-state index contributed by atoms with van der Waals surface area (Å²) in [4.78, 5) is 28.6. The molecule has 0 aromatic rings. The molecule has 0 radical (unpaired) electrons. The fraction of sp³-hybridized carbons (Fsp3) is 0.867. The number of carbonyl (C=O) groups excluding carboxylic acids is 2. The SMILES string of the molecule is CCOC(=O)CN1C(C)(C)CC(OCC(=O)OO)CC1(C)C. The summed E-state index contributed by atoms with van der Waals surface area (Å²) in [5.74, 6) is -1.06. The van der Waals surface area contributed by atoms with E-state index in [1.54, 1.807) is 6.92 Å². The highest BCUT2D eigenvalue weighted by molar-refractivity contribution is 5.72. The van der Waals surface area contributed by atoms with Gasteiger partial charge in [0.15, 0.2) is 0 Å². The first-order valence-electron chi connectivity index (χ1n) is 7.51. The molecule has 22 heavy (non-hydrogen) atoms. The van der Waals surface area contributed by atoms with Crippen molar-refractivity contribution in [3.63, 3.8) is 0 Å². The van der Waals surface area contributed by atoms with Crippen molar-refractivity contribution < 1.29 is 29.2 Å². The monoisotopic (exact) mass is 317 g/mol. The molecule has 0 aromatic carbocycles. The molecule has 0 spiro atoms. The van der Waals surface area contributed by atoms with Gasteiger partial charge in [0.05, 0.1) is 19.3 Å². The van der Waals surface area contributed by atoms with Crippen molar-refractivity contribution in [2.45, 2.75) is 64.6 Å². The van der Waals surface area contributed by atoms with Gasteiger partial charge in [0.25, 0.3) is 0 Å². The number of hydrogen-bond acceptors (Lipinski definition) is 7. The molecule has 0 bridgehead atoms. The van der Waals surface area contributed by atoms with Gasteiger partial charge in [-0.15, -0.1) is 0 Å². The molecule has 0 saturated carbocycles. The molecular weight excluding hydrogens is 290 g/mol. The van der Waals surface area contributed by atoms with Crippen LogP contribution in [0.15, 0.2) is 0 Å². The van der Waals surface area contributed by atoms with Crippen molar-refractivity contribution in [3.8, 4) is 0 Å². The van der Waals surface area contributed by atoms with Crippen LogP contribution in [-0.2, 0) is 24.0 Å². The first-order valence-corrected chi connectivity index (χ1v) is 7.51. The Kier molecular flexibility index (Phi) is 6.34. The van der Waals surface area contributed by atoms with Crippen molar-refractivity contribution in [2.24, 2.45) is 0 Å². The van der Waals surface area contributed by atoms with E-state index in [9.17, 15) is 9.59 Å². The number of esters is 1. The molecule has 1 heterocycles. The van der Waals surface area contributed by atoms with Gasteiger partial charge < -0.3 is 9.47 Å². The van der Waals surface area contributed by atoms with E-state index in [-0.39, 0.29) is 36.3 Å². The van der Waals surface area contributed by atoms with Gasteiger partial charge in [-0.1, -0.05) is 0 Å². The van der Waals surface area contributed by atoms with E-state index in [0.717, 1.165) is 0 Å². The zero-order valence-corrected chi connectivity index (χ0v) is 14.0. The van der Waals surface area contributed by atoms with Crippen molar-refractivity contribution in [1.29, 1.82) is 0 Å². The van der Waals surface area contributed by atoms with Crippen LogP contribution in [0.1, 0.15) is 47.5 Å². The minimum absolute atomic E-state index is 0.150. The van der Waals surface area contributed by atoms with Crippen LogP contribution >= 0.6 is 0 Å². The fourth-order valence-corrected chi connectivity index (χ4v) is 3.32. The van der Waals surface area contributed by atoms with Crippen molar-refractivity contribution >= 4 is 11.9 Å². The number of likely N-dealkylation sites (tertiary alicyclic amines) is 1. The van der Waals surface area contributed by atoms with Crippen LogP contribution in [0.2, 0.25) is 0 Å². The van der Waals surface area contributed by atoms with Crippen LogP contribution in [0.25, 0.3) is 0 Å². The Hall–Kier alpha value is -1.18. The van der Waals surface area contributed by atoms with Crippen LogP contribution in [0.4, 0.5) is 0 Å². The highest BCUT2D eigenvalue weighted by Crippen LogP contribution is 2.39. The third-order valence-corrected chi connectivity index (χ3v) is 4.05. The van der Waals surface area contributed by atoms with Gasteiger partial charge in [0.1, 0.15) is 6.61 Å². The molecule has 1 aliphatic heterocycles. The molecule has 7 heteroatoms. The number of hydrogen-bond donors (Lipinski definition) is 1. The van der Waals surface area contributed by atoms with Crippen LogP contribution in [-0.4, -0.2) is 59.0 Å². The van der Waals surface area contributed by atoms with Crippen molar-refractivity contribution in [2.75, 3.05) is 19.8 Å². The predicted molar refractivity (Wildman–Crippen MR) is 79.2 cm³/mol. The van der Waals surface area contributed by atoms with E-state index in [0.29, 0.717) is 19.4 Å².